The Morgan fingerprint density at radius 3 is 2.75 bits per heavy atom. The highest BCUT2D eigenvalue weighted by Gasteiger charge is 2.22. The average molecular weight is 404 g/mol. The number of morpholine rings is 1. The van der Waals surface area contributed by atoms with E-state index in [1.54, 1.807) is 7.11 Å². The molecule has 0 radical (unpaired) electrons. The maximum atomic E-state index is 6.04. The predicted molar refractivity (Wildman–Crippen MR) is 112 cm³/mol. The van der Waals surface area contributed by atoms with Crippen molar-refractivity contribution in [1.82, 2.24) is 9.88 Å². The number of halogens is 1. The van der Waals surface area contributed by atoms with Crippen molar-refractivity contribution in [2.75, 3.05) is 33.4 Å². The van der Waals surface area contributed by atoms with Gasteiger partial charge in [0.2, 0.25) is 5.89 Å². The maximum absolute atomic E-state index is 6.04. The molecule has 0 amide bonds. The van der Waals surface area contributed by atoms with Crippen molar-refractivity contribution in [2.24, 2.45) is 5.73 Å². The number of hydrogen-bond acceptors (Lipinski definition) is 6. The predicted octanol–water partition coefficient (Wildman–Crippen LogP) is 3.39. The van der Waals surface area contributed by atoms with Crippen LogP contribution in [0.15, 0.2) is 40.8 Å². The summed E-state index contributed by atoms with van der Waals surface area (Å²) in [5.74, 6) is 2.34. The molecule has 0 aliphatic carbocycles. The van der Waals surface area contributed by atoms with E-state index in [-0.39, 0.29) is 18.5 Å². The van der Waals surface area contributed by atoms with E-state index in [1.807, 2.05) is 31.2 Å². The van der Waals surface area contributed by atoms with E-state index in [4.69, 9.17) is 24.6 Å². The fourth-order valence-corrected chi connectivity index (χ4v) is 3.60. The highest BCUT2D eigenvalue weighted by Crippen LogP contribution is 2.34. The minimum absolute atomic E-state index is 0. The summed E-state index contributed by atoms with van der Waals surface area (Å²) in [6.07, 6.45) is 0.0935. The van der Waals surface area contributed by atoms with E-state index < -0.39 is 0 Å². The quantitative estimate of drug-likeness (QED) is 0.703. The van der Waals surface area contributed by atoms with Gasteiger partial charge in [0.05, 0.1) is 25.5 Å². The van der Waals surface area contributed by atoms with Crippen LogP contribution in [0.1, 0.15) is 11.5 Å². The van der Waals surface area contributed by atoms with Crippen molar-refractivity contribution in [3.05, 3.63) is 47.9 Å². The van der Waals surface area contributed by atoms with Crippen molar-refractivity contribution >= 4 is 23.2 Å². The summed E-state index contributed by atoms with van der Waals surface area (Å²) >= 11 is 0. The number of nitrogens with zero attached hydrogens (tertiary/aromatic N) is 2. The number of nitrogens with two attached hydrogens (primary N) is 1. The lowest BCUT2D eigenvalue weighted by molar-refractivity contribution is -0.0264. The van der Waals surface area contributed by atoms with Crippen LogP contribution in [0.25, 0.3) is 22.2 Å². The molecule has 2 aromatic carbocycles. The molecule has 7 heteroatoms. The summed E-state index contributed by atoms with van der Waals surface area (Å²) in [6.45, 7) is 5.65. The van der Waals surface area contributed by atoms with Crippen LogP contribution in [0.5, 0.6) is 5.75 Å². The SMILES string of the molecule is COc1ccc(-c2nc(CN3CCOC(CN)C3)c(C)o2)c2ccccc12.Cl. The zero-order valence-corrected chi connectivity index (χ0v) is 17.0. The van der Waals surface area contributed by atoms with Gasteiger partial charge in [-0.15, -0.1) is 12.4 Å². The number of rotatable bonds is 5. The summed E-state index contributed by atoms with van der Waals surface area (Å²) in [7, 11) is 1.69. The van der Waals surface area contributed by atoms with Crippen LogP contribution in [0, 0.1) is 6.92 Å². The van der Waals surface area contributed by atoms with Gasteiger partial charge < -0.3 is 19.6 Å². The molecule has 1 aliphatic heterocycles. The molecule has 1 aliphatic rings. The van der Waals surface area contributed by atoms with Crippen LogP contribution in [0.3, 0.4) is 0 Å². The molecule has 3 aromatic rings. The van der Waals surface area contributed by atoms with Crippen molar-refractivity contribution in [2.45, 2.75) is 19.6 Å². The number of aryl methyl sites for hydroxylation is 1. The van der Waals surface area contributed by atoms with Gasteiger partial charge in [0.25, 0.3) is 0 Å². The smallest absolute Gasteiger partial charge is 0.227 e. The highest BCUT2D eigenvalue weighted by molar-refractivity contribution is 5.98. The van der Waals surface area contributed by atoms with E-state index in [0.29, 0.717) is 19.0 Å². The van der Waals surface area contributed by atoms with Crippen molar-refractivity contribution < 1.29 is 13.9 Å². The lowest BCUT2D eigenvalue weighted by Gasteiger charge is -2.31. The Morgan fingerprint density at radius 2 is 2.00 bits per heavy atom. The molecule has 2 N–H and O–H groups in total. The summed E-state index contributed by atoms with van der Waals surface area (Å²) in [5.41, 5.74) is 7.68. The van der Waals surface area contributed by atoms with Gasteiger partial charge in [0, 0.05) is 37.1 Å². The van der Waals surface area contributed by atoms with Crippen LogP contribution in [-0.2, 0) is 11.3 Å². The fourth-order valence-electron chi connectivity index (χ4n) is 3.60. The Hall–Kier alpha value is -2.12. The van der Waals surface area contributed by atoms with E-state index in [1.165, 1.54) is 0 Å². The van der Waals surface area contributed by atoms with Gasteiger partial charge in [-0.05, 0) is 24.4 Å². The van der Waals surface area contributed by atoms with E-state index in [2.05, 4.69) is 17.0 Å². The summed E-state index contributed by atoms with van der Waals surface area (Å²) < 4.78 is 17.2. The molecule has 4 rings (SSSR count). The number of aromatic nitrogens is 1. The third-order valence-electron chi connectivity index (χ3n) is 5.09. The molecule has 1 atom stereocenters. The Bertz CT molecular complexity index is 944. The molecule has 0 bridgehead atoms. The minimum Gasteiger partial charge on any atom is -0.496 e. The summed E-state index contributed by atoms with van der Waals surface area (Å²) in [4.78, 5) is 7.13. The Balaban J connectivity index is 0.00000225. The van der Waals surface area contributed by atoms with Gasteiger partial charge in [0.1, 0.15) is 11.5 Å². The van der Waals surface area contributed by atoms with E-state index >= 15 is 0 Å². The minimum atomic E-state index is 0. The van der Waals surface area contributed by atoms with Gasteiger partial charge >= 0.3 is 0 Å². The maximum Gasteiger partial charge on any atom is 0.227 e. The second kappa shape index (κ2) is 8.92. The van der Waals surface area contributed by atoms with Gasteiger partial charge in [-0.25, -0.2) is 4.98 Å². The molecule has 150 valence electrons. The number of ether oxygens (including phenoxy) is 2. The lowest BCUT2D eigenvalue weighted by atomic mass is 10.0. The fraction of sp³-hybridized carbons (Fsp3) is 0.381. The molecule has 0 spiro atoms. The first-order valence-corrected chi connectivity index (χ1v) is 9.26. The van der Waals surface area contributed by atoms with Gasteiger partial charge in [-0.1, -0.05) is 24.3 Å². The number of fused-ring (bicyclic) bond motifs is 1. The molecule has 6 nitrogen and oxygen atoms in total. The van der Waals surface area contributed by atoms with Crippen LogP contribution in [0.2, 0.25) is 0 Å². The zero-order valence-electron chi connectivity index (χ0n) is 16.2. The van der Waals surface area contributed by atoms with Crippen molar-refractivity contribution in [3.63, 3.8) is 0 Å². The molecule has 2 heterocycles. The zero-order chi connectivity index (χ0) is 18.8. The second-order valence-corrected chi connectivity index (χ2v) is 6.85. The normalized spacial score (nSPS) is 17.5. The van der Waals surface area contributed by atoms with Crippen molar-refractivity contribution in [3.8, 4) is 17.2 Å². The summed E-state index contributed by atoms with van der Waals surface area (Å²) in [6, 6.07) is 12.1. The topological polar surface area (TPSA) is 73.8 Å². The third-order valence-corrected chi connectivity index (χ3v) is 5.09. The second-order valence-electron chi connectivity index (χ2n) is 6.85. The van der Waals surface area contributed by atoms with Gasteiger partial charge in [-0.2, -0.15) is 0 Å². The number of benzene rings is 2. The van der Waals surface area contributed by atoms with Gasteiger partial charge in [-0.3, -0.25) is 4.90 Å². The largest absolute Gasteiger partial charge is 0.496 e. The van der Waals surface area contributed by atoms with Crippen LogP contribution in [0.4, 0.5) is 0 Å². The number of methoxy groups -OCH3 is 1. The number of hydrogen-bond donors (Lipinski definition) is 1. The Kier molecular flexibility index (Phi) is 6.57. The monoisotopic (exact) mass is 403 g/mol. The molecular weight excluding hydrogens is 378 g/mol. The van der Waals surface area contributed by atoms with Gasteiger partial charge in [0.15, 0.2) is 0 Å². The number of oxazole rings is 1. The average Bonchev–Trinajstić information content (AvgIpc) is 3.07. The van der Waals surface area contributed by atoms with Crippen LogP contribution >= 0.6 is 12.4 Å². The van der Waals surface area contributed by atoms with E-state index in [0.717, 1.165) is 53.2 Å². The van der Waals surface area contributed by atoms with Crippen molar-refractivity contribution in [1.29, 1.82) is 0 Å². The first kappa shape index (κ1) is 20.6. The standard InChI is InChI=1S/C21H25N3O3.ClH/c1-14-19(13-24-9-10-26-15(11-22)12-24)23-21(27-14)18-7-8-20(25-2)17-6-4-3-5-16(17)18;/h3-8,15H,9-13,22H2,1-2H3;1H. The highest BCUT2D eigenvalue weighted by atomic mass is 35.5. The van der Waals surface area contributed by atoms with E-state index in [9.17, 15) is 0 Å². The first-order valence-electron chi connectivity index (χ1n) is 9.26. The molecule has 1 aromatic heterocycles. The molecule has 0 saturated carbocycles. The molecule has 1 saturated heterocycles. The molecule has 1 unspecified atom stereocenters. The van der Waals surface area contributed by atoms with Crippen LogP contribution in [-0.4, -0.2) is 49.3 Å². The first-order chi connectivity index (χ1) is 13.2. The molecular formula is C21H26ClN3O3. The Labute approximate surface area is 171 Å². The molecule has 28 heavy (non-hydrogen) atoms. The third kappa shape index (κ3) is 4.00. The summed E-state index contributed by atoms with van der Waals surface area (Å²) in [5, 5.41) is 2.12. The lowest BCUT2D eigenvalue weighted by Crippen LogP contribution is -2.45. The van der Waals surface area contributed by atoms with Crippen LogP contribution < -0.4 is 10.5 Å². The molecule has 1 fully saturated rings. The Morgan fingerprint density at radius 1 is 1.21 bits per heavy atom.